The maximum Gasteiger partial charge on any atom is 2.00 e. The van der Waals surface area contributed by atoms with Crippen LogP contribution >= 0.6 is 0 Å². The minimum absolute atomic E-state index is 0. The molecule has 126 valence electrons. The first kappa shape index (κ1) is 27.2. The molecule has 0 saturated carbocycles. The minimum Gasteiger partial charge on any atom is -0.439 e. The molecule has 1 aliphatic rings. The van der Waals surface area contributed by atoms with Crippen molar-refractivity contribution in [1.82, 2.24) is 0 Å². The smallest absolute Gasteiger partial charge is 0.439 e. The van der Waals surface area contributed by atoms with Crippen molar-refractivity contribution in [2.75, 3.05) is 0 Å². The molecule has 0 radical (unpaired) electrons. The van der Waals surface area contributed by atoms with Crippen LogP contribution in [0.4, 0.5) is 0 Å². The van der Waals surface area contributed by atoms with E-state index < -0.39 is 0 Å². The number of hydrogen-bond donors (Lipinski definition) is 0. The van der Waals surface area contributed by atoms with Crippen LogP contribution in [0.3, 0.4) is 0 Å². The fraction of sp³-hybridized carbons (Fsp3) is 0.833. The average Bonchev–Trinajstić information content (AvgIpc) is 2.44. The van der Waals surface area contributed by atoms with E-state index in [1.54, 1.807) is 0 Å². The average molecular weight is 635 g/mol. The van der Waals surface area contributed by atoms with Gasteiger partial charge in [-0.2, -0.15) is 23.4 Å². The van der Waals surface area contributed by atoms with Gasteiger partial charge in [0.05, 0.1) is 0 Å². The first-order valence-corrected chi connectivity index (χ1v) is 7.39. The van der Waals surface area contributed by atoms with Crippen LogP contribution < -0.4 is 0 Å². The van der Waals surface area contributed by atoms with Crippen molar-refractivity contribution >= 4 is 0 Å². The molecule has 1 heterocycles. The van der Waals surface area contributed by atoms with Gasteiger partial charge in [-0.1, -0.05) is 62.3 Å². The quantitative estimate of drug-likeness (QED) is 0.346. The SMILES string of the molecule is CC(C)(C)[CH-]C1[CH-]CC(C(C)(C)C)O1.[CH2-]C(C)(C)C.[W+2].[W]. The Morgan fingerprint density at radius 1 is 1.00 bits per heavy atom. The van der Waals surface area contributed by atoms with E-state index in [1.807, 2.05) is 0 Å². The third-order valence-corrected chi connectivity index (χ3v) is 2.53. The largest absolute Gasteiger partial charge is 2.00 e. The first-order chi connectivity index (χ1) is 8.18. The summed E-state index contributed by atoms with van der Waals surface area (Å²) in [6, 6.07) is 0. The van der Waals surface area contributed by atoms with Crippen LogP contribution in [-0.2, 0) is 46.9 Å². The van der Waals surface area contributed by atoms with Gasteiger partial charge in [-0.25, -0.2) is 0 Å². The van der Waals surface area contributed by atoms with E-state index in [0.29, 0.717) is 6.10 Å². The van der Waals surface area contributed by atoms with Crippen molar-refractivity contribution in [1.29, 1.82) is 0 Å². The van der Waals surface area contributed by atoms with E-state index in [0.717, 1.165) is 6.42 Å². The molecule has 0 aromatic carbocycles. The van der Waals surface area contributed by atoms with E-state index in [2.05, 4.69) is 82.1 Å². The topological polar surface area (TPSA) is 9.23 Å². The molecule has 21 heavy (non-hydrogen) atoms. The molecule has 0 N–H and O–H groups in total. The number of hydrogen-bond acceptors (Lipinski definition) is 1. The van der Waals surface area contributed by atoms with Gasteiger partial charge >= 0.3 is 21.1 Å². The monoisotopic (exact) mass is 635 g/mol. The van der Waals surface area contributed by atoms with Crippen molar-refractivity contribution < 1.29 is 46.9 Å². The molecule has 0 aliphatic carbocycles. The Balaban J connectivity index is -0.000000405. The molecule has 0 amide bonds. The fourth-order valence-electron chi connectivity index (χ4n) is 1.72. The Labute approximate surface area is 163 Å². The Bertz CT molecular complexity index is 250. The van der Waals surface area contributed by atoms with Crippen LogP contribution in [-0.4, -0.2) is 12.2 Å². The second kappa shape index (κ2) is 10.3. The Kier molecular flexibility index (Phi) is 13.3. The van der Waals surface area contributed by atoms with Crippen molar-refractivity contribution in [3.8, 4) is 0 Å². The third-order valence-electron chi connectivity index (χ3n) is 2.53. The molecule has 1 aliphatic heterocycles. The summed E-state index contributed by atoms with van der Waals surface area (Å²) in [7, 11) is 0. The van der Waals surface area contributed by atoms with Crippen LogP contribution in [0.25, 0.3) is 0 Å². The summed E-state index contributed by atoms with van der Waals surface area (Å²) < 4.78 is 5.99. The van der Waals surface area contributed by atoms with Gasteiger partial charge in [-0.3, -0.25) is 0 Å². The Morgan fingerprint density at radius 3 is 1.62 bits per heavy atom. The standard InChI is InChI=1S/C13H24O.C5H11.2W/c1-12(2,3)9-10-7-8-11(14-10)13(4,5)6;1-5(2,3)4;;/h7,9-11H,8H2,1-6H3;1H2,2-4H3;;/q-2;-1;;+2. The van der Waals surface area contributed by atoms with Crippen LogP contribution in [0, 0.1) is 36.0 Å². The molecule has 0 aromatic rings. The zero-order valence-corrected chi connectivity index (χ0v) is 21.3. The molecule has 1 nitrogen and oxygen atoms in total. The van der Waals surface area contributed by atoms with Gasteiger partial charge < -0.3 is 24.5 Å². The molecular formula is C18H35OW2-. The van der Waals surface area contributed by atoms with Gasteiger partial charge in [0.25, 0.3) is 0 Å². The van der Waals surface area contributed by atoms with Crippen molar-refractivity contribution in [3.63, 3.8) is 0 Å². The number of rotatable bonds is 1. The van der Waals surface area contributed by atoms with Gasteiger partial charge in [-0.05, 0) is 5.41 Å². The fourth-order valence-corrected chi connectivity index (χ4v) is 1.72. The predicted octanol–water partition coefficient (Wildman–Crippen LogP) is 5.51. The molecule has 1 saturated heterocycles. The van der Waals surface area contributed by atoms with Gasteiger partial charge in [0.15, 0.2) is 0 Å². The summed E-state index contributed by atoms with van der Waals surface area (Å²) in [6.45, 7) is 23.4. The molecule has 2 atom stereocenters. The number of ether oxygens (including phenoxy) is 1. The van der Waals surface area contributed by atoms with E-state index in [-0.39, 0.29) is 64.5 Å². The van der Waals surface area contributed by atoms with Crippen molar-refractivity contribution in [2.24, 2.45) is 16.2 Å². The van der Waals surface area contributed by atoms with E-state index in [9.17, 15) is 0 Å². The molecular weight excluding hydrogens is 600 g/mol. The zero-order valence-electron chi connectivity index (χ0n) is 15.4. The van der Waals surface area contributed by atoms with Gasteiger partial charge in [0.1, 0.15) is 0 Å². The van der Waals surface area contributed by atoms with E-state index >= 15 is 0 Å². The molecule has 2 unspecified atom stereocenters. The zero-order chi connectivity index (χ0) is 15.5. The van der Waals surface area contributed by atoms with Crippen LogP contribution in [0.1, 0.15) is 68.7 Å². The minimum atomic E-state index is 0. The maximum atomic E-state index is 5.99. The summed E-state index contributed by atoms with van der Waals surface area (Å²) in [5.41, 5.74) is 0.755. The van der Waals surface area contributed by atoms with Gasteiger partial charge in [0.2, 0.25) is 0 Å². The second-order valence-corrected chi connectivity index (χ2v) is 9.02. The van der Waals surface area contributed by atoms with Gasteiger partial charge in [0, 0.05) is 27.2 Å². The van der Waals surface area contributed by atoms with E-state index in [4.69, 9.17) is 4.74 Å². The summed E-state index contributed by atoms with van der Waals surface area (Å²) in [5.74, 6) is 0. The Morgan fingerprint density at radius 2 is 1.38 bits per heavy atom. The third kappa shape index (κ3) is 17.5. The predicted molar refractivity (Wildman–Crippen MR) is 85.6 cm³/mol. The summed E-state index contributed by atoms with van der Waals surface area (Å²) in [5, 5.41) is 0. The van der Waals surface area contributed by atoms with Crippen LogP contribution in [0.5, 0.6) is 0 Å². The summed E-state index contributed by atoms with van der Waals surface area (Å²) >= 11 is 0. The molecule has 0 spiro atoms. The van der Waals surface area contributed by atoms with Crippen LogP contribution in [0.2, 0.25) is 0 Å². The molecule has 1 fully saturated rings. The van der Waals surface area contributed by atoms with E-state index in [1.165, 1.54) is 0 Å². The van der Waals surface area contributed by atoms with Crippen LogP contribution in [0.15, 0.2) is 0 Å². The van der Waals surface area contributed by atoms with Gasteiger partial charge in [-0.15, -0.1) is 0 Å². The Hall–Kier alpha value is 1.34. The molecule has 0 aromatic heterocycles. The maximum absolute atomic E-state index is 5.99. The summed E-state index contributed by atoms with van der Waals surface area (Å²) in [4.78, 5) is 0. The normalized spacial score (nSPS) is 22.6. The van der Waals surface area contributed by atoms with Crippen molar-refractivity contribution in [3.05, 3.63) is 19.8 Å². The molecule has 1 rings (SSSR count). The summed E-state index contributed by atoms with van der Waals surface area (Å²) in [6.07, 6.45) is 6.30. The molecule has 3 heteroatoms. The van der Waals surface area contributed by atoms with Crippen molar-refractivity contribution in [2.45, 2.75) is 80.9 Å². The molecule has 0 bridgehead atoms. The second-order valence-electron chi connectivity index (χ2n) is 9.02. The first-order valence-electron chi connectivity index (χ1n) is 7.39.